The number of rotatable bonds is 4. The zero-order valence-electron chi connectivity index (χ0n) is 27.5. The molecule has 0 unspecified atom stereocenters. The second-order valence-corrected chi connectivity index (χ2v) is 13.3. The van der Waals surface area contributed by atoms with Crippen molar-refractivity contribution >= 4 is 53.9 Å². The Morgan fingerprint density at radius 2 is 0.660 bits per heavy atom. The summed E-state index contributed by atoms with van der Waals surface area (Å²) < 4.78 is 0. The molecule has 0 saturated heterocycles. The minimum atomic E-state index is 1.22. The third-order valence-corrected chi connectivity index (χ3v) is 10.4. The van der Waals surface area contributed by atoms with Crippen molar-refractivity contribution in [3.05, 3.63) is 194 Å². The molecular weight excluding hydrogens is 601 g/mol. The number of hydrogen-bond donors (Lipinski definition) is 0. The second-order valence-electron chi connectivity index (χ2n) is 13.3. The molecule has 10 aromatic carbocycles. The van der Waals surface area contributed by atoms with Gasteiger partial charge in [-0.25, -0.2) is 0 Å². The fourth-order valence-corrected chi connectivity index (χ4v) is 8.11. The fraction of sp³-hybridized carbons (Fsp3) is 0. The summed E-state index contributed by atoms with van der Waals surface area (Å²) in [5, 5.41) is 12.7. The molecule has 0 nitrogen and oxygen atoms in total. The molecule has 0 saturated carbocycles. The standard InChI is InChI=1S/C50H32/c1-2-14-35-30-37(27-26-33(35)12-1)36-15-9-17-39(31-36)49-45-20-5-7-22-47(45)50(48-23-8-6-21-46(48)49)40-18-10-16-38(32-40)42-24-11-25-43-41-19-4-3-13-34(41)28-29-44(42)43/h1-32H. The maximum atomic E-state index is 2.39. The molecule has 0 amide bonds. The zero-order chi connectivity index (χ0) is 33.0. The van der Waals surface area contributed by atoms with Gasteiger partial charge in [0.05, 0.1) is 0 Å². The smallest absolute Gasteiger partial charge is 0.00262 e. The molecule has 0 aliphatic heterocycles. The highest BCUT2D eigenvalue weighted by Crippen LogP contribution is 2.45. The Kier molecular flexibility index (Phi) is 6.60. The highest BCUT2D eigenvalue weighted by atomic mass is 14.2. The zero-order valence-corrected chi connectivity index (χ0v) is 27.5. The van der Waals surface area contributed by atoms with Crippen LogP contribution in [0.2, 0.25) is 0 Å². The normalized spacial score (nSPS) is 11.6. The molecule has 0 heterocycles. The summed E-state index contributed by atoms with van der Waals surface area (Å²) in [7, 11) is 0. The van der Waals surface area contributed by atoms with Crippen LogP contribution in [0.4, 0.5) is 0 Å². The SMILES string of the molecule is c1cc(-c2ccc3ccccc3c2)cc(-c2c3ccccc3c(-c3cccc(-c4cccc5c4ccc4ccccc45)c3)c3ccccc23)c1. The van der Waals surface area contributed by atoms with Crippen LogP contribution < -0.4 is 0 Å². The van der Waals surface area contributed by atoms with E-state index >= 15 is 0 Å². The van der Waals surface area contributed by atoms with Gasteiger partial charge in [-0.2, -0.15) is 0 Å². The largest absolute Gasteiger partial charge is 0.0616 e. The van der Waals surface area contributed by atoms with E-state index in [4.69, 9.17) is 0 Å². The Hall–Kier alpha value is -6.50. The van der Waals surface area contributed by atoms with Crippen molar-refractivity contribution in [2.75, 3.05) is 0 Å². The third kappa shape index (κ3) is 4.61. The first-order chi connectivity index (χ1) is 24.8. The summed E-state index contributed by atoms with van der Waals surface area (Å²) in [5.74, 6) is 0. The first kappa shape index (κ1) is 28.5. The van der Waals surface area contributed by atoms with Crippen LogP contribution in [-0.2, 0) is 0 Å². The first-order valence-electron chi connectivity index (χ1n) is 17.3. The average molecular weight is 633 g/mol. The van der Waals surface area contributed by atoms with E-state index < -0.39 is 0 Å². The van der Waals surface area contributed by atoms with Crippen molar-refractivity contribution in [3.8, 4) is 44.5 Å². The molecular formula is C50H32. The predicted molar refractivity (Wildman–Crippen MR) is 216 cm³/mol. The van der Waals surface area contributed by atoms with Gasteiger partial charge in [-0.1, -0.05) is 176 Å². The molecule has 10 aromatic rings. The van der Waals surface area contributed by atoms with E-state index in [-0.39, 0.29) is 0 Å². The van der Waals surface area contributed by atoms with Crippen molar-refractivity contribution in [1.82, 2.24) is 0 Å². The van der Waals surface area contributed by atoms with E-state index in [0.29, 0.717) is 0 Å². The van der Waals surface area contributed by atoms with Gasteiger partial charge < -0.3 is 0 Å². The quantitative estimate of drug-likeness (QED) is 0.134. The summed E-state index contributed by atoms with van der Waals surface area (Å²) >= 11 is 0. The molecule has 50 heavy (non-hydrogen) atoms. The highest BCUT2D eigenvalue weighted by Gasteiger charge is 2.18. The van der Waals surface area contributed by atoms with E-state index in [0.717, 1.165) is 0 Å². The highest BCUT2D eigenvalue weighted by molar-refractivity contribution is 6.22. The molecule has 0 atom stereocenters. The molecule has 0 bridgehead atoms. The summed E-state index contributed by atoms with van der Waals surface area (Å²) in [6.07, 6.45) is 0. The van der Waals surface area contributed by atoms with E-state index in [2.05, 4.69) is 194 Å². The monoisotopic (exact) mass is 632 g/mol. The Bertz CT molecular complexity index is 2870. The second kappa shape index (κ2) is 11.6. The van der Waals surface area contributed by atoms with Gasteiger partial charge in [-0.05, 0) is 117 Å². The van der Waals surface area contributed by atoms with Gasteiger partial charge in [0, 0.05) is 0 Å². The van der Waals surface area contributed by atoms with Crippen molar-refractivity contribution in [1.29, 1.82) is 0 Å². The van der Waals surface area contributed by atoms with Crippen LogP contribution in [0.1, 0.15) is 0 Å². The van der Waals surface area contributed by atoms with Gasteiger partial charge >= 0.3 is 0 Å². The van der Waals surface area contributed by atoms with Crippen LogP contribution in [0.25, 0.3) is 98.4 Å². The van der Waals surface area contributed by atoms with Crippen LogP contribution in [-0.4, -0.2) is 0 Å². The summed E-state index contributed by atoms with van der Waals surface area (Å²) in [5.41, 5.74) is 9.94. The van der Waals surface area contributed by atoms with Crippen LogP contribution in [0.15, 0.2) is 194 Å². The molecule has 0 aliphatic carbocycles. The molecule has 232 valence electrons. The number of fused-ring (bicyclic) bond motifs is 6. The van der Waals surface area contributed by atoms with E-state index in [1.807, 2.05) is 0 Å². The lowest BCUT2D eigenvalue weighted by atomic mass is 9.84. The predicted octanol–water partition coefficient (Wildman–Crippen LogP) is 14.1. The Morgan fingerprint density at radius 3 is 1.34 bits per heavy atom. The average Bonchev–Trinajstić information content (AvgIpc) is 3.19. The lowest BCUT2D eigenvalue weighted by Crippen LogP contribution is -1.92. The van der Waals surface area contributed by atoms with Crippen LogP contribution in [0.3, 0.4) is 0 Å². The summed E-state index contributed by atoms with van der Waals surface area (Å²) in [6, 6.07) is 71.4. The maximum Gasteiger partial charge on any atom is -0.00262 e. The summed E-state index contributed by atoms with van der Waals surface area (Å²) in [4.78, 5) is 0. The van der Waals surface area contributed by atoms with Gasteiger partial charge in [0.25, 0.3) is 0 Å². The molecule has 0 fully saturated rings. The Labute approximate surface area is 291 Å². The molecule has 0 spiro atoms. The molecule has 0 radical (unpaired) electrons. The van der Waals surface area contributed by atoms with E-state index in [1.165, 1.54) is 98.4 Å². The maximum absolute atomic E-state index is 2.39. The minimum absolute atomic E-state index is 1.22. The van der Waals surface area contributed by atoms with Crippen LogP contribution >= 0.6 is 0 Å². The van der Waals surface area contributed by atoms with Gasteiger partial charge in [0.15, 0.2) is 0 Å². The number of hydrogen-bond acceptors (Lipinski definition) is 0. The lowest BCUT2D eigenvalue weighted by molar-refractivity contribution is 1.62. The van der Waals surface area contributed by atoms with Crippen molar-refractivity contribution < 1.29 is 0 Å². The van der Waals surface area contributed by atoms with Crippen molar-refractivity contribution in [2.24, 2.45) is 0 Å². The molecule has 0 aromatic heterocycles. The van der Waals surface area contributed by atoms with Gasteiger partial charge in [-0.3, -0.25) is 0 Å². The molecule has 0 aliphatic rings. The van der Waals surface area contributed by atoms with Crippen LogP contribution in [0, 0.1) is 0 Å². The molecule has 0 heteroatoms. The molecule has 10 rings (SSSR count). The third-order valence-electron chi connectivity index (χ3n) is 10.4. The first-order valence-corrected chi connectivity index (χ1v) is 17.3. The lowest BCUT2D eigenvalue weighted by Gasteiger charge is -2.19. The van der Waals surface area contributed by atoms with Gasteiger partial charge in [-0.15, -0.1) is 0 Å². The van der Waals surface area contributed by atoms with Gasteiger partial charge in [0.2, 0.25) is 0 Å². The Morgan fingerprint density at radius 1 is 0.200 bits per heavy atom. The number of benzene rings is 10. The summed E-state index contributed by atoms with van der Waals surface area (Å²) in [6.45, 7) is 0. The van der Waals surface area contributed by atoms with E-state index in [1.54, 1.807) is 0 Å². The topological polar surface area (TPSA) is 0 Å². The van der Waals surface area contributed by atoms with Crippen LogP contribution in [0.5, 0.6) is 0 Å². The molecule has 0 N–H and O–H groups in total. The van der Waals surface area contributed by atoms with Gasteiger partial charge in [0.1, 0.15) is 0 Å². The van der Waals surface area contributed by atoms with Crippen molar-refractivity contribution in [3.63, 3.8) is 0 Å². The minimum Gasteiger partial charge on any atom is -0.0616 e. The van der Waals surface area contributed by atoms with Crippen molar-refractivity contribution in [2.45, 2.75) is 0 Å². The fourth-order valence-electron chi connectivity index (χ4n) is 8.11. The van der Waals surface area contributed by atoms with E-state index in [9.17, 15) is 0 Å². The Balaban J connectivity index is 1.17.